The second-order valence-electron chi connectivity index (χ2n) is 7.53. The standard InChI is InChI=1S/C24H23N5O2/c30-23(18-9-4-8-17-13-25-14-19(17)18)29-24-27-21-10-5-11-31-15-20(21)22(28-24)26-12-16-6-2-1-3-7-16/h1-4,6-9,13-14,25H,5,10-12,15H2,(H2,26,27,28,29,30). The number of benzene rings is 2. The van der Waals surface area contributed by atoms with E-state index in [1.807, 2.05) is 42.7 Å². The number of aromatic amines is 1. The minimum atomic E-state index is -0.232. The van der Waals surface area contributed by atoms with Crippen LogP contribution < -0.4 is 10.6 Å². The van der Waals surface area contributed by atoms with Crippen LogP contribution in [0.25, 0.3) is 10.8 Å². The number of fused-ring (bicyclic) bond motifs is 2. The first kappa shape index (κ1) is 19.3. The van der Waals surface area contributed by atoms with E-state index in [1.165, 1.54) is 0 Å². The summed E-state index contributed by atoms with van der Waals surface area (Å²) in [5.41, 5.74) is 3.60. The maximum atomic E-state index is 13.0. The van der Waals surface area contributed by atoms with Gasteiger partial charge in [0.25, 0.3) is 5.91 Å². The number of amides is 1. The van der Waals surface area contributed by atoms with Gasteiger partial charge in [-0.15, -0.1) is 0 Å². The van der Waals surface area contributed by atoms with Crippen molar-refractivity contribution in [3.8, 4) is 0 Å². The highest BCUT2D eigenvalue weighted by Gasteiger charge is 2.19. The summed E-state index contributed by atoms with van der Waals surface area (Å²) in [4.78, 5) is 25.3. The molecule has 31 heavy (non-hydrogen) atoms. The molecule has 2 aromatic carbocycles. The first-order chi connectivity index (χ1) is 15.3. The van der Waals surface area contributed by atoms with Gasteiger partial charge in [-0.25, -0.2) is 4.98 Å². The number of aryl methyl sites for hydroxylation is 1. The average molecular weight is 413 g/mol. The molecule has 7 heteroatoms. The van der Waals surface area contributed by atoms with Crippen molar-refractivity contribution < 1.29 is 9.53 Å². The zero-order valence-electron chi connectivity index (χ0n) is 17.0. The van der Waals surface area contributed by atoms with Crippen molar-refractivity contribution in [2.45, 2.75) is 26.0 Å². The van der Waals surface area contributed by atoms with E-state index in [2.05, 4.69) is 37.7 Å². The van der Waals surface area contributed by atoms with Crippen LogP contribution in [0.5, 0.6) is 0 Å². The molecular weight excluding hydrogens is 390 g/mol. The second-order valence-corrected chi connectivity index (χ2v) is 7.53. The Bertz CT molecular complexity index is 1220. The summed E-state index contributed by atoms with van der Waals surface area (Å²) in [7, 11) is 0. The van der Waals surface area contributed by atoms with Crippen molar-refractivity contribution in [2.24, 2.45) is 0 Å². The molecule has 7 nitrogen and oxygen atoms in total. The second kappa shape index (κ2) is 8.57. The Labute approximate surface area is 179 Å². The van der Waals surface area contributed by atoms with Gasteiger partial charge in [0.05, 0.1) is 12.3 Å². The molecule has 3 heterocycles. The monoisotopic (exact) mass is 413 g/mol. The lowest BCUT2D eigenvalue weighted by molar-refractivity contribution is 0.102. The summed E-state index contributed by atoms with van der Waals surface area (Å²) in [5, 5.41) is 8.15. The quantitative estimate of drug-likeness (QED) is 0.454. The molecule has 0 fully saturated rings. The first-order valence-electron chi connectivity index (χ1n) is 10.4. The number of carbonyl (C=O) groups excluding carboxylic acids is 1. The number of carbonyl (C=O) groups is 1. The molecule has 0 atom stereocenters. The summed E-state index contributed by atoms with van der Waals surface area (Å²) in [5.74, 6) is 0.767. The van der Waals surface area contributed by atoms with E-state index in [0.717, 1.165) is 40.4 Å². The number of ether oxygens (including phenoxy) is 1. The smallest absolute Gasteiger partial charge is 0.258 e. The molecule has 0 aliphatic carbocycles. The van der Waals surface area contributed by atoms with Gasteiger partial charge in [-0.3, -0.25) is 10.1 Å². The normalized spacial score (nSPS) is 13.4. The van der Waals surface area contributed by atoms with Gasteiger partial charge in [0.2, 0.25) is 5.95 Å². The van der Waals surface area contributed by atoms with E-state index in [9.17, 15) is 4.79 Å². The molecule has 0 saturated carbocycles. The zero-order chi connectivity index (χ0) is 21.0. The molecule has 1 aliphatic heterocycles. The average Bonchev–Trinajstić information content (AvgIpc) is 3.16. The number of hydrogen-bond donors (Lipinski definition) is 3. The highest BCUT2D eigenvalue weighted by molar-refractivity contribution is 6.12. The van der Waals surface area contributed by atoms with E-state index in [1.54, 1.807) is 6.07 Å². The van der Waals surface area contributed by atoms with Crippen LogP contribution in [-0.2, 0) is 24.3 Å². The fraction of sp³-hybridized carbons (Fsp3) is 0.208. The van der Waals surface area contributed by atoms with Crippen LogP contribution in [0.4, 0.5) is 11.8 Å². The van der Waals surface area contributed by atoms with Gasteiger partial charge in [0.1, 0.15) is 5.82 Å². The lowest BCUT2D eigenvalue weighted by atomic mass is 10.1. The van der Waals surface area contributed by atoms with Crippen LogP contribution >= 0.6 is 0 Å². The minimum absolute atomic E-state index is 0.232. The Hall–Kier alpha value is -3.71. The van der Waals surface area contributed by atoms with Crippen molar-refractivity contribution in [3.05, 3.63) is 83.3 Å². The van der Waals surface area contributed by atoms with Crippen molar-refractivity contribution in [2.75, 3.05) is 17.2 Å². The fourth-order valence-corrected chi connectivity index (χ4v) is 3.84. The lowest BCUT2D eigenvalue weighted by Crippen LogP contribution is -2.17. The number of anilines is 2. The third kappa shape index (κ3) is 4.13. The summed E-state index contributed by atoms with van der Waals surface area (Å²) in [6.45, 7) is 1.77. The van der Waals surface area contributed by atoms with Crippen molar-refractivity contribution >= 4 is 28.4 Å². The van der Waals surface area contributed by atoms with Gasteiger partial charge in [0.15, 0.2) is 0 Å². The van der Waals surface area contributed by atoms with Gasteiger partial charge in [-0.05, 0) is 29.9 Å². The van der Waals surface area contributed by atoms with E-state index >= 15 is 0 Å². The van der Waals surface area contributed by atoms with Gasteiger partial charge < -0.3 is 15.0 Å². The number of rotatable bonds is 5. The molecule has 0 spiro atoms. The van der Waals surface area contributed by atoms with Gasteiger partial charge in [-0.2, -0.15) is 4.98 Å². The van der Waals surface area contributed by atoms with Crippen LogP contribution in [-0.4, -0.2) is 27.5 Å². The predicted molar refractivity (Wildman–Crippen MR) is 120 cm³/mol. The van der Waals surface area contributed by atoms with Gasteiger partial charge in [0, 0.05) is 42.1 Å². The maximum Gasteiger partial charge on any atom is 0.258 e. The number of nitrogens with zero attached hydrogens (tertiary/aromatic N) is 2. The molecule has 156 valence electrons. The molecule has 0 saturated heterocycles. The molecule has 3 N–H and O–H groups in total. The Morgan fingerprint density at radius 1 is 1.06 bits per heavy atom. The SMILES string of the molecule is O=C(Nc1nc2c(c(NCc3ccccc3)n1)COCCC2)c1cccc2c[nH]cc12. The molecule has 0 unspecified atom stereocenters. The molecule has 4 aromatic rings. The molecule has 1 aliphatic rings. The number of hydrogen-bond acceptors (Lipinski definition) is 5. The van der Waals surface area contributed by atoms with Crippen molar-refractivity contribution in [1.29, 1.82) is 0 Å². The topological polar surface area (TPSA) is 91.9 Å². The zero-order valence-corrected chi connectivity index (χ0v) is 17.0. The molecule has 0 radical (unpaired) electrons. The Morgan fingerprint density at radius 3 is 2.87 bits per heavy atom. The lowest BCUT2D eigenvalue weighted by Gasteiger charge is -2.15. The Kier molecular flexibility index (Phi) is 5.33. The summed E-state index contributed by atoms with van der Waals surface area (Å²) in [6, 6.07) is 15.8. The third-order valence-corrected chi connectivity index (χ3v) is 5.42. The molecule has 1 amide bonds. The van der Waals surface area contributed by atoms with Crippen LogP contribution in [0.1, 0.15) is 33.6 Å². The largest absolute Gasteiger partial charge is 0.377 e. The number of nitrogens with one attached hydrogen (secondary N) is 3. The summed E-state index contributed by atoms with van der Waals surface area (Å²) >= 11 is 0. The van der Waals surface area contributed by atoms with Crippen LogP contribution in [0.15, 0.2) is 60.9 Å². The molecular formula is C24H23N5O2. The molecule has 2 aromatic heterocycles. The van der Waals surface area contributed by atoms with Gasteiger partial charge in [-0.1, -0.05) is 42.5 Å². The van der Waals surface area contributed by atoms with E-state index in [0.29, 0.717) is 37.1 Å². The molecule has 5 rings (SSSR count). The Balaban J connectivity index is 1.44. The van der Waals surface area contributed by atoms with E-state index in [4.69, 9.17) is 4.74 Å². The molecule has 0 bridgehead atoms. The minimum Gasteiger partial charge on any atom is -0.377 e. The number of aromatic nitrogens is 3. The summed E-state index contributed by atoms with van der Waals surface area (Å²) < 4.78 is 5.73. The van der Waals surface area contributed by atoms with Crippen molar-refractivity contribution in [1.82, 2.24) is 15.0 Å². The summed E-state index contributed by atoms with van der Waals surface area (Å²) in [6.07, 6.45) is 5.37. The van der Waals surface area contributed by atoms with Crippen LogP contribution in [0.2, 0.25) is 0 Å². The maximum absolute atomic E-state index is 13.0. The van der Waals surface area contributed by atoms with E-state index in [-0.39, 0.29) is 5.91 Å². The van der Waals surface area contributed by atoms with Crippen LogP contribution in [0.3, 0.4) is 0 Å². The predicted octanol–water partition coefficient (Wildman–Crippen LogP) is 4.29. The van der Waals surface area contributed by atoms with E-state index < -0.39 is 0 Å². The highest BCUT2D eigenvalue weighted by atomic mass is 16.5. The Morgan fingerprint density at radius 2 is 1.97 bits per heavy atom. The van der Waals surface area contributed by atoms with Gasteiger partial charge >= 0.3 is 0 Å². The third-order valence-electron chi connectivity index (χ3n) is 5.42. The fourth-order valence-electron chi connectivity index (χ4n) is 3.84. The van der Waals surface area contributed by atoms with Crippen molar-refractivity contribution in [3.63, 3.8) is 0 Å². The number of H-pyrrole nitrogens is 1. The highest BCUT2D eigenvalue weighted by Crippen LogP contribution is 2.25. The van der Waals surface area contributed by atoms with Crippen LogP contribution in [0, 0.1) is 0 Å². The first-order valence-corrected chi connectivity index (χ1v) is 10.4.